The quantitative estimate of drug-likeness (QED) is 0.774. The second-order valence-electron chi connectivity index (χ2n) is 4.53. The molecule has 1 amide bonds. The highest BCUT2D eigenvalue weighted by atomic mass is 16.4. The SMILES string of the molecule is Cc1nn(C)c(C)c1/C=C/C(=O)NCC(C)C(=O)O. The molecule has 0 aromatic carbocycles. The zero-order valence-electron chi connectivity index (χ0n) is 11.6. The molecule has 2 N–H and O–H groups in total. The minimum atomic E-state index is -0.928. The zero-order chi connectivity index (χ0) is 14.6. The molecule has 0 aliphatic rings. The number of carboxylic acid groups (broad SMARTS) is 1. The number of carbonyl (C=O) groups excluding carboxylic acids is 1. The highest BCUT2D eigenvalue weighted by molar-refractivity contribution is 5.92. The van der Waals surface area contributed by atoms with Crippen LogP contribution in [0.2, 0.25) is 0 Å². The molecular formula is C13H19N3O3. The van der Waals surface area contributed by atoms with E-state index in [1.165, 1.54) is 6.08 Å². The van der Waals surface area contributed by atoms with Crippen LogP contribution >= 0.6 is 0 Å². The molecule has 1 atom stereocenters. The third-order valence-corrected chi connectivity index (χ3v) is 2.97. The Balaban J connectivity index is 2.62. The van der Waals surface area contributed by atoms with Crippen LogP contribution in [0.15, 0.2) is 6.08 Å². The van der Waals surface area contributed by atoms with Crippen molar-refractivity contribution in [1.29, 1.82) is 0 Å². The van der Waals surface area contributed by atoms with Gasteiger partial charge in [0.1, 0.15) is 0 Å². The predicted molar refractivity (Wildman–Crippen MR) is 71.5 cm³/mol. The van der Waals surface area contributed by atoms with Gasteiger partial charge in [-0.05, 0) is 19.9 Å². The molecule has 104 valence electrons. The van der Waals surface area contributed by atoms with Gasteiger partial charge in [-0.15, -0.1) is 0 Å². The van der Waals surface area contributed by atoms with Crippen molar-refractivity contribution in [2.75, 3.05) is 6.54 Å². The summed E-state index contributed by atoms with van der Waals surface area (Å²) in [4.78, 5) is 22.2. The van der Waals surface area contributed by atoms with Gasteiger partial charge in [0.25, 0.3) is 0 Å². The lowest BCUT2D eigenvalue weighted by Gasteiger charge is -2.05. The molecule has 19 heavy (non-hydrogen) atoms. The molecule has 1 heterocycles. The van der Waals surface area contributed by atoms with Crippen LogP contribution in [0.5, 0.6) is 0 Å². The van der Waals surface area contributed by atoms with Gasteiger partial charge in [0.2, 0.25) is 5.91 Å². The van der Waals surface area contributed by atoms with Gasteiger partial charge in [-0.25, -0.2) is 0 Å². The number of carbonyl (C=O) groups is 2. The van der Waals surface area contributed by atoms with E-state index in [0.29, 0.717) is 0 Å². The number of amides is 1. The molecule has 0 aliphatic heterocycles. The third-order valence-electron chi connectivity index (χ3n) is 2.97. The molecule has 0 fully saturated rings. The van der Waals surface area contributed by atoms with Crippen molar-refractivity contribution in [3.63, 3.8) is 0 Å². The minimum Gasteiger partial charge on any atom is -0.481 e. The van der Waals surface area contributed by atoms with Crippen molar-refractivity contribution in [2.24, 2.45) is 13.0 Å². The van der Waals surface area contributed by atoms with Crippen molar-refractivity contribution in [2.45, 2.75) is 20.8 Å². The molecule has 0 spiro atoms. The highest BCUT2D eigenvalue weighted by Gasteiger charge is 2.11. The summed E-state index contributed by atoms with van der Waals surface area (Å²) < 4.78 is 1.75. The van der Waals surface area contributed by atoms with E-state index in [1.54, 1.807) is 17.7 Å². The summed E-state index contributed by atoms with van der Waals surface area (Å²) >= 11 is 0. The number of aromatic nitrogens is 2. The number of hydrogen-bond acceptors (Lipinski definition) is 3. The van der Waals surface area contributed by atoms with Crippen molar-refractivity contribution < 1.29 is 14.7 Å². The first-order chi connectivity index (χ1) is 8.82. The van der Waals surface area contributed by atoms with E-state index >= 15 is 0 Å². The number of aryl methyl sites for hydroxylation is 2. The number of aliphatic carboxylic acids is 1. The van der Waals surface area contributed by atoms with Crippen LogP contribution in [-0.2, 0) is 16.6 Å². The van der Waals surface area contributed by atoms with E-state index in [-0.39, 0.29) is 12.5 Å². The summed E-state index contributed by atoms with van der Waals surface area (Å²) in [6, 6.07) is 0. The Morgan fingerprint density at radius 1 is 1.47 bits per heavy atom. The first-order valence-electron chi connectivity index (χ1n) is 6.01. The Morgan fingerprint density at radius 3 is 2.58 bits per heavy atom. The number of nitrogens with zero attached hydrogens (tertiary/aromatic N) is 2. The molecule has 0 aliphatic carbocycles. The van der Waals surface area contributed by atoms with Gasteiger partial charge in [0.05, 0.1) is 11.6 Å². The maximum Gasteiger partial charge on any atom is 0.308 e. The number of rotatable bonds is 5. The summed E-state index contributed by atoms with van der Waals surface area (Å²) in [6.07, 6.45) is 3.09. The van der Waals surface area contributed by atoms with Gasteiger partial charge in [0, 0.05) is 30.9 Å². The molecular weight excluding hydrogens is 246 g/mol. The molecule has 1 aromatic rings. The fraction of sp³-hybridized carbons (Fsp3) is 0.462. The largest absolute Gasteiger partial charge is 0.481 e. The predicted octanol–water partition coefficient (Wildman–Crippen LogP) is 0.887. The monoisotopic (exact) mass is 265 g/mol. The van der Waals surface area contributed by atoms with E-state index in [9.17, 15) is 9.59 Å². The molecule has 0 saturated carbocycles. The smallest absolute Gasteiger partial charge is 0.308 e. The Bertz CT molecular complexity index is 517. The molecule has 1 aromatic heterocycles. The summed E-state index contributed by atoms with van der Waals surface area (Å²) in [5.41, 5.74) is 2.73. The molecule has 0 radical (unpaired) electrons. The van der Waals surface area contributed by atoms with Gasteiger partial charge < -0.3 is 10.4 Å². The van der Waals surface area contributed by atoms with E-state index in [4.69, 9.17) is 5.11 Å². The van der Waals surface area contributed by atoms with Crippen LogP contribution < -0.4 is 5.32 Å². The second-order valence-corrected chi connectivity index (χ2v) is 4.53. The molecule has 6 heteroatoms. The Morgan fingerprint density at radius 2 is 2.11 bits per heavy atom. The van der Waals surface area contributed by atoms with Crippen LogP contribution in [0, 0.1) is 19.8 Å². The Kier molecular flexibility index (Phi) is 4.86. The van der Waals surface area contributed by atoms with Crippen molar-refractivity contribution >= 4 is 18.0 Å². The molecule has 0 saturated heterocycles. The van der Waals surface area contributed by atoms with Gasteiger partial charge in [-0.2, -0.15) is 5.10 Å². The van der Waals surface area contributed by atoms with E-state index in [2.05, 4.69) is 10.4 Å². The fourth-order valence-electron chi connectivity index (χ4n) is 1.59. The lowest BCUT2D eigenvalue weighted by molar-refractivity contribution is -0.141. The standard InChI is InChI=1S/C13H19N3O3/c1-8(13(18)19)7-14-12(17)6-5-11-9(2)15-16(4)10(11)3/h5-6,8H,7H2,1-4H3,(H,14,17)(H,18,19)/b6-5+. The first-order valence-corrected chi connectivity index (χ1v) is 6.01. The lowest BCUT2D eigenvalue weighted by Crippen LogP contribution is -2.30. The van der Waals surface area contributed by atoms with E-state index in [0.717, 1.165) is 17.0 Å². The van der Waals surface area contributed by atoms with Crippen LogP contribution in [0.1, 0.15) is 23.9 Å². The molecule has 1 unspecified atom stereocenters. The number of nitrogens with one attached hydrogen (secondary N) is 1. The van der Waals surface area contributed by atoms with E-state index in [1.807, 2.05) is 20.9 Å². The second kappa shape index (κ2) is 6.17. The van der Waals surface area contributed by atoms with Crippen molar-refractivity contribution in [3.05, 3.63) is 23.0 Å². The average molecular weight is 265 g/mol. The zero-order valence-corrected chi connectivity index (χ0v) is 11.6. The summed E-state index contributed by atoms with van der Waals surface area (Å²) in [5.74, 6) is -1.84. The van der Waals surface area contributed by atoms with Gasteiger partial charge in [-0.3, -0.25) is 14.3 Å². The maximum absolute atomic E-state index is 11.6. The minimum absolute atomic E-state index is 0.115. The Hall–Kier alpha value is -2.11. The summed E-state index contributed by atoms with van der Waals surface area (Å²) in [6.45, 7) is 5.45. The van der Waals surface area contributed by atoms with Crippen LogP contribution in [-0.4, -0.2) is 33.3 Å². The van der Waals surface area contributed by atoms with Crippen LogP contribution in [0.4, 0.5) is 0 Å². The normalized spacial score (nSPS) is 12.6. The first kappa shape index (κ1) is 14.9. The highest BCUT2D eigenvalue weighted by Crippen LogP contribution is 2.13. The van der Waals surface area contributed by atoms with Gasteiger partial charge in [-0.1, -0.05) is 6.92 Å². The molecule has 1 rings (SSSR count). The van der Waals surface area contributed by atoms with Crippen molar-refractivity contribution in [1.82, 2.24) is 15.1 Å². The fourth-order valence-corrected chi connectivity index (χ4v) is 1.59. The summed E-state index contributed by atoms with van der Waals surface area (Å²) in [5, 5.41) is 15.5. The van der Waals surface area contributed by atoms with Crippen molar-refractivity contribution in [3.8, 4) is 0 Å². The van der Waals surface area contributed by atoms with Crippen LogP contribution in [0.25, 0.3) is 6.08 Å². The number of hydrogen-bond donors (Lipinski definition) is 2. The molecule has 6 nitrogen and oxygen atoms in total. The van der Waals surface area contributed by atoms with E-state index < -0.39 is 11.9 Å². The Labute approximate surface area is 112 Å². The topological polar surface area (TPSA) is 84.2 Å². The third kappa shape index (κ3) is 3.94. The maximum atomic E-state index is 11.6. The lowest BCUT2D eigenvalue weighted by atomic mass is 10.1. The van der Waals surface area contributed by atoms with Gasteiger partial charge >= 0.3 is 5.97 Å². The number of carboxylic acids is 1. The van der Waals surface area contributed by atoms with Gasteiger partial charge in [0.15, 0.2) is 0 Å². The molecule has 0 bridgehead atoms. The average Bonchev–Trinajstić information content (AvgIpc) is 2.58. The summed E-state index contributed by atoms with van der Waals surface area (Å²) in [7, 11) is 1.84. The van der Waals surface area contributed by atoms with Crippen LogP contribution in [0.3, 0.4) is 0 Å².